The fraction of sp³-hybridized carbons (Fsp3) is 0.923. The fourth-order valence-corrected chi connectivity index (χ4v) is 2.03. The lowest BCUT2D eigenvalue weighted by Gasteiger charge is -2.36. The van der Waals surface area contributed by atoms with Crippen molar-refractivity contribution in [1.29, 1.82) is 0 Å². The SMILES string of the molecule is CC(C)(C)OC(=O)NC1CC(NCC2CC2)C1. The van der Waals surface area contributed by atoms with Gasteiger partial charge in [0.1, 0.15) is 5.60 Å². The second kappa shape index (κ2) is 4.84. The number of rotatable bonds is 4. The molecule has 2 aliphatic rings. The van der Waals surface area contributed by atoms with Gasteiger partial charge in [-0.05, 0) is 58.9 Å². The van der Waals surface area contributed by atoms with Crippen LogP contribution in [-0.2, 0) is 4.74 Å². The predicted molar refractivity (Wildman–Crippen MR) is 66.9 cm³/mol. The summed E-state index contributed by atoms with van der Waals surface area (Å²) >= 11 is 0. The molecule has 0 aromatic heterocycles. The Hall–Kier alpha value is -0.770. The van der Waals surface area contributed by atoms with Crippen molar-refractivity contribution in [1.82, 2.24) is 10.6 Å². The smallest absolute Gasteiger partial charge is 0.407 e. The molecule has 2 fully saturated rings. The number of ether oxygens (including phenoxy) is 1. The first kappa shape index (κ1) is 12.7. The summed E-state index contributed by atoms with van der Waals surface area (Å²) < 4.78 is 5.22. The number of carbonyl (C=O) groups excluding carboxylic acids is 1. The number of hydrogen-bond donors (Lipinski definition) is 2. The third-order valence-electron chi connectivity index (χ3n) is 3.25. The van der Waals surface area contributed by atoms with Gasteiger partial charge in [-0.3, -0.25) is 0 Å². The van der Waals surface area contributed by atoms with Crippen LogP contribution in [0.3, 0.4) is 0 Å². The van der Waals surface area contributed by atoms with Gasteiger partial charge in [-0.15, -0.1) is 0 Å². The third kappa shape index (κ3) is 4.54. The molecule has 98 valence electrons. The van der Waals surface area contributed by atoms with E-state index in [0.29, 0.717) is 12.1 Å². The summed E-state index contributed by atoms with van der Waals surface area (Å²) in [4.78, 5) is 11.5. The molecular formula is C13H24N2O2. The van der Waals surface area contributed by atoms with Gasteiger partial charge >= 0.3 is 6.09 Å². The van der Waals surface area contributed by atoms with E-state index >= 15 is 0 Å². The maximum atomic E-state index is 11.5. The van der Waals surface area contributed by atoms with Crippen LogP contribution in [0.15, 0.2) is 0 Å². The standard InChI is InChI=1S/C13H24N2O2/c1-13(2,3)17-12(16)15-11-6-10(7-11)14-8-9-4-5-9/h9-11,14H,4-8H2,1-3H3,(H,15,16). The van der Waals surface area contributed by atoms with Crippen molar-refractivity contribution >= 4 is 6.09 Å². The highest BCUT2D eigenvalue weighted by Crippen LogP contribution is 2.29. The second-order valence-electron chi connectivity index (χ2n) is 6.36. The van der Waals surface area contributed by atoms with Gasteiger partial charge in [0, 0.05) is 12.1 Å². The Morgan fingerprint density at radius 3 is 2.41 bits per heavy atom. The largest absolute Gasteiger partial charge is 0.444 e. The highest BCUT2D eigenvalue weighted by molar-refractivity contribution is 5.68. The van der Waals surface area contributed by atoms with Crippen LogP contribution in [0.2, 0.25) is 0 Å². The van der Waals surface area contributed by atoms with E-state index in [9.17, 15) is 4.79 Å². The van der Waals surface area contributed by atoms with E-state index in [0.717, 1.165) is 25.3 Å². The first-order chi connectivity index (χ1) is 7.92. The molecule has 0 unspecified atom stereocenters. The molecule has 0 atom stereocenters. The number of hydrogen-bond acceptors (Lipinski definition) is 3. The highest BCUT2D eigenvalue weighted by atomic mass is 16.6. The summed E-state index contributed by atoms with van der Waals surface area (Å²) in [6, 6.07) is 0.886. The van der Waals surface area contributed by atoms with Crippen LogP contribution < -0.4 is 10.6 Å². The number of nitrogens with one attached hydrogen (secondary N) is 2. The Balaban J connectivity index is 1.55. The monoisotopic (exact) mass is 240 g/mol. The van der Waals surface area contributed by atoms with Gasteiger partial charge in [-0.25, -0.2) is 4.79 Å². The molecule has 0 aromatic carbocycles. The molecule has 0 aromatic rings. The second-order valence-corrected chi connectivity index (χ2v) is 6.36. The number of alkyl carbamates (subject to hydrolysis) is 1. The molecule has 1 amide bonds. The molecular weight excluding hydrogens is 216 g/mol. The first-order valence-corrected chi connectivity index (χ1v) is 6.65. The van der Waals surface area contributed by atoms with Crippen LogP contribution in [-0.4, -0.2) is 30.3 Å². The summed E-state index contributed by atoms with van der Waals surface area (Å²) in [6.07, 6.45) is 4.56. The van der Waals surface area contributed by atoms with Gasteiger partial charge in [-0.2, -0.15) is 0 Å². The zero-order chi connectivity index (χ0) is 12.5. The molecule has 0 spiro atoms. The molecule has 0 radical (unpaired) electrons. The van der Waals surface area contributed by atoms with Crippen LogP contribution in [0.25, 0.3) is 0 Å². The Labute approximate surface area is 103 Å². The van der Waals surface area contributed by atoms with Gasteiger partial charge < -0.3 is 15.4 Å². The van der Waals surface area contributed by atoms with Crippen molar-refractivity contribution in [3.63, 3.8) is 0 Å². The topological polar surface area (TPSA) is 50.4 Å². The van der Waals surface area contributed by atoms with E-state index in [1.165, 1.54) is 12.8 Å². The van der Waals surface area contributed by atoms with Crippen molar-refractivity contribution < 1.29 is 9.53 Å². The minimum Gasteiger partial charge on any atom is -0.444 e. The number of amides is 1. The zero-order valence-electron chi connectivity index (χ0n) is 11.1. The van der Waals surface area contributed by atoms with Crippen LogP contribution in [0.1, 0.15) is 46.5 Å². The summed E-state index contributed by atoms with van der Waals surface area (Å²) in [6.45, 7) is 6.80. The minimum atomic E-state index is -0.405. The van der Waals surface area contributed by atoms with E-state index < -0.39 is 5.60 Å². The van der Waals surface area contributed by atoms with Crippen LogP contribution >= 0.6 is 0 Å². The third-order valence-corrected chi connectivity index (χ3v) is 3.25. The maximum absolute atomic E-state index is 11.5. The van der Waals surface area contributed by atoms with Crippen LogP contribution in [0.4, 0.5) is 4.79 Å². The van der Waals surface area contributed by atoms with Gasteiger partial charge in [0.15, 0.2) is 0 Å². The Bertz CT molecular complexity index is 276. The molecule has 4 nitrogen and oxygen atoms in total. The Morgan fingerprint density at radius 2 is 1.88 bits per heavy atom. The average molecular weight is 240 g/mol. The molecule has 2 aliphatic carbocycles. The predicted octanol–water partition coefficient (Wildman–Crippen LogP) is 2.04. The highest BCUT2D eigenvalue weighted by Gasteiger charge is 2.32. The van der Waals surface area contributed by atoms with Crippen molar-refractivity contribution in [2.75, 3.05) is 6.54 Å². The zero-order valence-corrected chi connectivity index (χ0v) is 11.1. The molecule has 2 N–H and O–H groups in total. The van der Waals surface area contributed by atoms with Gasteiger partial charge in [-0.1, -0.05) is 0 Å². The van der Waals surface area contributed by atoms with E-state index in [-0.39, 0.29) is 6.09 Å². The molecule has 0 saturated heterocycles. The normalized spacial score (nSPS) is 28.4. The Morgan fingerprint density at radius 1 is 1.24 bits per heavy atom. The van der Waals surface area contributed by atoms with Crippen molar-refractivity contribution in [2.45, 2.75) is 64.1 Å². The molecule has 0 bridgehead atoms. The molecule has 0 heterocycles. The summed E-state index contributed by atoms with van der Waals surface area (Å²) in [5.41, 5.74) is -0.405. The number of carbonyl (C=O) groups is 1. The van der Waals surface area contributed by atoms with E-state index in [1.807, 2.05) is 20.8 Å². The molecule has 4 heteroatoms. The van der Waals surface area contributed by atoms with Gasteiger partial charge in [0.05, 0.1) is 0 Å². The summed E-state index contributed by atoms with van der Waals surface area (Å²) in [5, 5.41) is 6.45. The Kier molecular flexibility index (Phi) is 3.61. The minimum absolute atomic E-state index is 0.289. The van der Waals surface area contributed by atoms with E-state index in [2.05, 4.69) is 10.6 Å². The van der Waals surface area contributed by atoms with Gasteiger partial charge in [0.2, 0.25) is 0 Å². The van der Waals surface area contributed by atoms with Crippen LogP contribution in [0, 0.1) is 5.92 Å². The lowest BCUT2D eigenvalue weighted by atomic mass is 9.87. The molecule has 2 rings (SSSR count). The lowest BCUT2D eigenvalue weighted by molar-refractivity contribution is 0.0465. The molecule has 0 aliphatic heterocycles. The molecule has 17 heavy (non-hydrogen) atoms. The van der Waals surface area contributed by atoms with E-state index in [4.69, 9.17) is 4.74 Å². The van der Waals surface area contributed by atoms with Crippen molar-refractivity contribution in [2.24, 2.45) is 5.92 Å². The van der Waals surface area contributed by atoms with Crippen molar-refractivity contribution in [3.05, 3.63) is 0 Å². The quantitative estimate of drug-likeness (QED) is 0.790. The van der Waals surface area contributed by atoms with Gasteiger partial charge in [0.25, 0.3) is 0 Å². The fourth-order valence-electron chi connectivity index (χ4n) is 2.03. The average Bonchev–Trinajstić information content (AvgIpc) is 2.88. The van der Waals surface area contributed by atoms with Crippen molar-refractivity contribution in [3.8, 4) is 0 Å². The summed E-state index contributed by atoms with van der Waals surface area (Å²) in [7, 11) is 0. The molecule has 2 saturated carbocycles. The lowest BCUT2D eigenvalue weighted by Crippen LogP contribution is -2.53. The maximum Gasteiger partial charge on any atom is 0.407 e. The first-order valence-electron chi connectivity index (χ1n) is 6.65. The summed E-state index contributed by atoms with van der Waals surface area (Å²) in [5.74, 6) is 0.924. The van der Waals surface area contributed by atoms with Crippen LogP contribution in [0.5, 0.6) is 0 Å². The van der Waals surface area contributed by atoms with E-state index in [1.54, 1.807) is 0 Å².